The Balaban J connectivity index is 2.98. The number of rotatable bonds is 5. The second-order valence-corrected chi connectivity index (χ2v) is 4.06. The molecule has 0 radical (unpaired) electrons. The van der Waals surface area contributed by atoms with Crippen LogP contribution in [-0.4, -0.2) is 6.41 Å². The fraction of sp³-hybridized carbons (Fsp3) is 0.214. The Bertz CT molecular complexity index is 460. The van der Waals surface area contributed by atoms with Crippen LogP contribution in [0.5, 0.6) is 0 Å². The van der Waals surface area contributed by atoms with Gasteiger partial charge in [0.1, 0.15) is 0 Å². The quantitative estimate of drug-likeness (QED) is 0.545. The normalized spacial score (nSPS) is 14.1. The van der Waals surface area contributed by atoms with Gasteiger partial charge in [0.2, 0.25) is 6.41 Å². The standard InChI is InChI=1S/C14H19N3O/c1-10(7-15)14(8-16)13-5-3-12(4-6-13)11(2)17-9-18/h3-9,11H,15-16H2,1-2H3,(H,17,18)/b10-7-,14-8+. The van der Waals surface area contributed by atoms with E-state index in [0.29, 0.717) is 6.41 Å². The van der Waals surface area contributed by atoms with Crippen molar-refractivity contribution in [2.45, 2.75) is 19.9 Å². The van der Waals surface area contributed by atoms with Gasteiger partial charge in [-0.1, -0.05) is 24.3 Å². The van der Waals surface area contributed by atoms with E-state index in [1.165, 1.54) is 6.20 Å². The molecule has 1 unspecified atom stereocenters. The summed E-state index contributed by atoms with van der Waals surface area (Å²) in [5.74, 6) is 0. The second-order valence-electron chi connectivity index (χ2n) is 4.06. The maximum atomic E-state index is 10.4. The molecule has 4 heteroatoms. The molecule has 5 N–H and O–H groups in total. The Morgan fingerprint density at radius 1 is 1.22 bits per heavy atom. The minimum Gasteiger partial charge on any atom is -0.404 e. The topological polar surface area (TPSA) is 81.1 Å². The Labute approximate surface area is 107 Å². The molecule has 0 aliphatic heterocycles. The molecular formula is C14H19N3O. The van der Waals surface area contributed by atoms with Crippen LogP contribution >= 0.6 is 0 Å². The van der Waals surface area contributed by atoms with Crippen LogP contribution in [0, 0.1) is 0 Å². The summed E-state index contributed by atoms with van der Waals surface area (Å²) in [7, 11) is 0. The van der Waals surface area contributed by atoms with E-state index in [4.69, 9.17) is 11.5 Å². The number of carbonyl (C=O) groups excluding carboxylic acids is 1. The molecule has 0 aliphatic carbocycles. The summed E-state index contributed by atoms with van der Waals surface area (Å²) in [6.45, 7) is 3.83. The van der Waals surface area contributed by atoms with Crippen LogP contribution in [0.4, 0.5) is 0 Å². The van der Waals surface area contributed by atoms with Crippen LogP contribution in [-0.2, 0) is 4.79 Å². The molecule has 0 saturated carbocycles. The summed E-state index contributed by atoms with van der Waals surface area (Å²) in [6.07, 6.45) is 3.77. The van der Waals surface area contributed by atoms with Gasteiger partial charge >= 0.3 is 0 Å². The van der Waals surface area contributed by atoms with Crippen LogP contribution in [0.15, 0.2) is 42.2 Å². The smallest absolute Gasteiger partial charge is 0.207 e. The summed E-state index contributed by atoms with van der Waals surface area (Å²) in [5, 5.41) is 2.71. The molecule has 0 heterocycles. The van der Waals surface area contributed by atoms with Crippen LogP contribution in [0.25, 0.3) is 5.57 Å². The van der Waals surface area contributed by atoms with Crippen molar-refractivity contribution >= 4 is 12.0 Å². The number of hydrogen-bond acceptors (Lipinski definition) is 3. The number of nitrogens with one attached hydrogen (secondary N) is 1. The highest BCUT2D eigenvalue weighted by molar-refractivity contribution is 5.78. The third-order valence-corrected chi connectivity index (χ3v) is 2.88. The highest BCUT2D eigenvalue weighted by atomic mass is 16.1. The lowest BCUT2D eigenvalue weighted by molar-refractivity contribution is -0.110. The lowest BCUT2D eigenvalue weighted by Crippen LogP contribution is -2.15. The third kappa shape index (κ3) is 3.13. The highest BCUT2D eigenvalue weighted by Gasteiger charge is 2.06. The van der Waals surface area contributed by atoms with Crippen molar-refractivity contribution in [2.24, 2.45) is 11.5 Å². The second kappa shape index (κ2) is 6.49. The molecule has 1 aromatic carbocycles. The van der Waals surface area contributed by atoms with Gasteiger partial charge in [-0.05, 0) is 36.7 Å². The first kappa shape index (κ1) is 13.8. The zero-order valence-electron chi connectivity index (χ0n) is 10.7. The van der Waals surface area contributed by atoms with E-state index in [-0.39, 0.29) is 6.04 Å². The van der Waals surface area contributed by atoms with Crippen molar-refractivity contribution in [3.63, 3.8) is 0 Å². The monoisotopic (exact) mass is 245 g/mol. The minimum absolute atomic E-state index is 0.00648. The number of hydrogen-bond donors (Lipinski definition) is 3. The molecule has 18 heavy (non-hydrogen) atoms. The summed E-state index contributed by atoms with van der Waals surface area (Å²) in [6, 6.07) is 7.84. The average Bonchev–Trinajstić information content (AvgIpc) is 2.40. The number of carbonyl (C=O) groups is 1. The van der Waals surface area contributed by atoms with Gasteiger partial charge in [0, 0.05) is 11.8 Å². The summed E-state index contributed by atoms with van der Waals surface area (Å²) in [5.41, 5.74) is 15.0. The Morgan fingerprint density at radius 3 is 2.28 bits per heavy atom. The van der Waals surface area contributed by atoms with Crippen molar-refractivity contribution in [3.05, 3.63) is 53.4 Å². The minimum atomic E-state index is -0.00648. The largest absolute Gasteiger partial charge is 0.404 e. The molecule has 1 amide bonds. The third-order valence-electron chi connectivity index (χ3n) is 2.88. The van der Waals surface area contributed by atoms with E-state index < -0.39 is 0 Å². The molecule has 0 bridgehead atoms. The van der Waals surface area contributed by atoms with Gasteiger partial charge in [-0.3, -0.25) is 4.79 Å². The van der Waals surface area contributed by atoms with E-state index in [1.807, 2.05) is 38.1 Å². The van der Waals surface area contributed by atoms with Crippen LogP contribution in [0.3, 0.4) is 0 Å². The van der Waals surface area contributed by atoms with Crippen molar-refractivity contribution in [3.8, 4) is 0 Å². The summed E-state index contributed by atoms with van der Waals surface area (Å²) >= 11 is 0. The zero-order valence-corrected chi connectivity index (χ0v) is 10.7. The zero-order chi connectivity index (χ0) is 13.5. The Hall–Kier alpha value is -2.23. The van der Waals surface area contributed by atoms with E-state index in [2.05, 4.69) is 5.32 Å². The maximum Gasteiger partial charge on any atom is 0.207 e. The Morgan fingerprint density at radius 2 is 1.83 bits per heavy atom. The lowest BCUT2D eigenvalue weighted by Gasteiger charge is -2.12. The highest BCUT2D eigenvalue weighted by Crippen LogP contribution is 2.23. The number of allylic oxidation sites excluding steroid dienone is 2. The lowest BCUT2D eigenvalue weighted by atomic mass is 9.98. The maximum absolute atomic E-state index is 10.4. The number of amides is 1. The van der Waals surface area contributed by atoms with Crippen molar-refractivity contribution < 1.29 is 4.79 Å². The van der Waals surface area contributed by atoms with Crippen molar-refractivity contribution in [1.29, 1.82) is 0 Å². The van der Waals surface area contributed by atoms with Crippen LogP contribution < -0.4 is 16.8 Å². The molecule has 0 saturated heterocycles. The summed E-state index contributed by atoms with van der Waals surface area (Å²) in [4.78, 5) is 10.4. The van der Waals surface area contributed by atoms with Gasteiger partial charge in [-0.25, -0.2) is 0 Å². The first-order valence-corrected chi connectivity index (χ1v) is 5.74. The Kier molecular flexibility index (Phi) is 4.99. The molecule has 1 atom stereocenters. The predicted molar refractivity (Wildman–Crippen MR) is 74.2 cm³/mol. The van der Waals surface area contributed by atoms with Gasteiger partial charge in [0.05, 0.1) is 6.04 Å². The number of benzene rings is 1. The van der Waals surface area contributed by atoms with Gasteiger partial charge in [0.15, 0.2) is 0 Å². The predicted octanol–water partition coefficient (Wildman–Crippen LogP) is 1.66. The molecule has 0 fully saturated rings. The van der Waals surface area contributed by atoms with Crippen molar-refractivity contribution in [2.75, 3.05) is 0 Å². The van der Waals surface area contributed by atoms with Gasteiger partial charge < -0.3 is 16.8 Å². The first-order valence-electron chi connectivity index (χ1n) is 5.74. The molecule has 1 rings (SSSR count). The van der Waals surface area contributed by atoms with Crippen molar-refractivity contribution in [1.82, 2.24) is 5.32 Å². The SMILES string of the molecule is CC(=C/N)/C(=C\N)c1ccc(C(C)NC=O)cc1. The molecule has 0 spiro atoms. The van der Waals surface area contributed by atoms with E-state index in [1.54, 1.807) is 6.20 Å². The molecular weight excluding hydrogens is 226 g/mol. The fourth-order valence-corrected chi connectivity index (χ4v) is 1.69. The van der Waals surface area contributed by atoms with Gasteiger partial charge in [-0.2, -0.15) is 0 Å². The fourth-order valence-electron chi connectivity index (χ4n) is 1.69. The number of nitrogens with two attached hydrogens (primary N) is 2. The molecule has 0 aliphatic rings. The van der Waals surface area contributed by atoms with E-state index in [9.17, 15) is 4.79 Å². The molecule has 4 nitrogen and oxygen atoms in total. The van der Waals surface area contributed by atoms with Gasteiger partial charge in [-0.15, -0.1) is 0 Å². The first-order chi connectivity index (χ1) is 8.63. The average molecular weight is 245 g/mol. The van der Waals surface area contributed by atoms with Crippen LogP contribution in [0.2, 0.25) is 0 Å². The summed E-state index contributed by atoms with van der Waals surface area (Å²) < 4.78 is 0. The van der Waals surface area contributed by atoms with E-state index in [0.717, 1.165) is 22.3 Å². The molecule has 0 aromatic heterocycles. The molecule has 1 aromatic rings. The molecule has 96 valence electrons. The van der Waals surface area contributed by atoms with Crippen LogP contribution in [0.1, 0.15) is 31.0 Å². The van der Waals surface area contributed by atoms with E-state index >= 15 is 0 Å². The van der Waals surface area contributed by atoms with Gasteiger partial charge in [0.25, 0.3) is 0 Å².